The lowest BCUT2D eigenvalue weighted by atomic mass is 9.92. The third kappa shape index (κ3) is 10.7. The van der Waals surface area contributed by atoms with E-state index < -0.39 is 36.4 Å². The Morgan fingerprint density at radius 3 is 2.29 bits per heavy atom. The Morgan fingerprint density at radius 2 is 1.71 bits per heavy atom. The maximum Gasteiger partial charge on any atom is 0.320 e. The first kappa shape index (κ1) is 34.2. The number of aliphatic hydroxyl groups excluding tert-OH is 3. The summed E-state index contributed by atoms with van der Waals surface area (Å²) in [5.74, 6) is -0.127. The molecule has 1 fully saturated rings. The van der Waals surface area contributed by atoms with Gasteiger partial charge in [0.15, 0.2) is 0 Å². The highest BCUT2D eigenvalue weighted by Crippen LogP contribution is 2.34. The van der Waals surface area contributed by atoms with E-state index in [1.54, 1.807) is 0 Å². The molecule has 4 rings (SSSR count). The zero-order valence-electron chi connectivity index (χ0n) is 23.8. The van der Waals surface area contributed by atoms with Crippen LogP contribution < -0.4 is 10.5 Å². The summed E-state index contributed by atoms with van der Waals surface area (Å²) < 4.78 is 11.2. The number of carbonyl (C=O) groups is 1. The van der Waals surface area contributed by atoms with E-state index in [9.17, 15) is 20.1 Å². The van der Waals surface area contributed by atoms with Gasteiger partial charge in [-0.2, -0.15) is 0 Å². The van der Waals surface area contributed by atoms with Crippen LogP contribution in [0.25, 0.3) is 0 Å². The van der Waals surface area contributed by atoms with E-state index in [1.807, 2.05) is 93.6 Å². The highest BCUT2D eigenvalue weighted by molar-refractivity contribution is 6.31. The minimum absolute atomic E-state index is 0.266. The van der Waals surface area contributed by atoms with Crippen LogP contribution in [0, 0.1) is 0 Å². The van der Waals surface area contributed by atoms with Crippen molar-refractivity contribution in [3.05, 3.63) is 100 Å². The van der Waals surface area contributed by atoms with Crippen LogP contribution in [0.15, 0.2) is 72.8 Å². The predicted octanol–water partition coefficient (Wildman–Crippen LogP) is 4.54. The number of ether oxygens (including phenoxy) is 2. The van der Waals surface area contributed by atoms with Gasteiger partial charge in [-0.3, -0.25) is 4.79 Å². The molecule has 1 aliphatic heterocycles. The summed E-state index contributed by atoms with van der Waals surface area (Å²) in [7, 11) is 0. The lowest BCUT2D eigenvalue weighted by molar-refractivity contribution is -0.181. The van der Waals surface area contributed by atoms with Crippen LogP contribution in [0.3, 0.4) is 0 Å². The molecule has 41 heavy (non-hydrogen) atoms. The Labute approximate surface area is 247 Å². The number of carboxylic acid groups (broad SMARTS) is 1. The van der Waals surface area contributed by atoms with E-state index in [2.05, 4.69) is 0 Å². The Morgan fingerprint density at radius 1 is 1.05 bits per heavy atom. The first-order chi connectivity index (χ1) is 19.7. The number of halogens is 1. The molecule has 6 N–H and O–H groups in total. The third-order valence-electron chi connectivity index (χ3n) is 6.44. The zero-order chi connectivity index (χ0) is 30.4. The fourth-order valence-corrected chi connectivity index (χ4v) is 4.48. The van der Waals surface area contributed by atoms with Crippen LogP contribution in [0.4, 0.5) is 0 Å². The molecule has 0 saturated carbocycles. The molecule has 3 aromatic rings. The molecule has 5 atom stereocenters. The van der Waals surface area contributed by atoms with Crippen molar-refractivity contribution in [1.82, 2.24) is 0 Å². The molecule has 0 unspecified atom stereocenters. The molecule has 0 aliphatic carbocycles. The number of aliphatic hydroxyl groups is 3. The second kappa shape index (κ2) is 17.7. The van der Waals surface area contributed by atoms with Gasteiger partial charge in [0, 0.05) is 11.4 Å². The Kier molecular flexibility index (Phi) is 14.8. The summed E-state index contributed by atoms with van der Waals surface area (Å²) >= 11 is 6.38. The maximum absolute atomic E-state index is 10.4. The molecular formula is C32H42ClNO7. The first-order valence-electron chi connectivity index (χ1n) is 13.9. The third-order valence-corrected chi connectivity index (χ3v) is 6.80. The van der Waals surface area contributed by atoms with Gasteiger partial charge in [0.05, 0.1) is 25.4 Å². The molecule has 1 saturated heterocycles. The molecule has 1 heterocycles. The highest BCUT2D eigenvalue weighted by Gasteiger charge is 2.37. The number of benzene rings is 3. The van der Waals surface area contributed by atoms with Crippen molar-refractivity contribution in [1.29, 1.82) is 0 Å². The predicted molar refractivity (Wildman–Crippen MR) is 160 cm³/mol. The van der Waals surface area contributed by atoms with Crippen molar-refractivity contribution in [3.8, 4) is 5.75 Å². The van der Waals surface area contributed by atoms with E-state index in [0.29, 0.717) is 24.5 Å². The number of hydrogen-bond donors (Lipinski definition) is 5. The average molecular weight is 588 g/mol. The lowest BCUT2D eigenvalue weighted by Gasteiger charge is -2.36. The van der Waals surface area contributed by atoms with Crippen LogP contribution in [0.2, 0.25) is 5.02 Å². The van der Waals surface area contributed by atoms with Gasteiger partial charge in [-0.05, 0) is 60.2 Å². The monoisotopic (exact) mass is 587 g/mol. The zero-order valence-corrected chi connectivity index (χ0v) is 24.6. The van der Waals surface area contributed by atoms with Crippen molar-refractivity contribution < 1.29 is 34.7 Å². The molecule has 0 bridgehead atoms. The average Bonchev–Trinajstić information content (AvgIpc) is 2.98. The van der Waals surface area contributed by atoms with Gasteiger partial charge in [-0.15, -0.1) is 0 Å². The van der Waals surface area contributed by atoms with Crippen molar-refractivity contribution in [2.75, 3.05) is 13.2 Å². The summed E-state index contributed by atoms with van der Waals surface area (Å²) in [6.45, 7) is 6.23. The van der Waals surface area contributed by atoms with E-state index in [0.717, 1.165) is 28.0 Å². The van der Waals surface area contributed by atoms with Crippen LogP contribution >= 0.6 is 11.6 Å². The quantitative estimate of drug-likeness (QED) is 0.246. The molecule has 0 amide bonds. The van der Waals surface area contributed by atoms with E-state index in [4.69, 9.17) is 31.9 Å². The molecule has 0 spiro atoms. The summed E-state index contributed by atoms with van der Waals surface area (Å²) in [4.78, 5) is 10.4. The van der Waals surface area contributed by atoms with Crippen molar-refractivity contribution in [2.24, 2.45) is 5.73 Å². The van der Waals surface area contributed by atoms with Gasteiger partial charge in [-0.25, -0.2) is 0 Å². The molecule has 0 aromatic heterocycles. The number of nitrogens with two attached hydrogens (primary N) is 1. The van der Waals surface area contributed by atoms with Crippen LogP contribution in [0.5, 0.6) is 5.75 Å². The normalized spacial score (nSPS) is 20.5. The second-order valence-corrected chi connectivity index (χ2v) is 9.79. The fourth-order valence-electron chi connectivity index (χ4n) is 4.30. The van der Waals surface area contributed by atoms with Gasteiger partial charge in [0.1, 0.15) is 24.0 Å². The number of hydrogen-bond acceptors (Lipinski definition) is 7. The molecule has 9 heteroatoms. The summed E-state index contributed by atoms with van der Waals surface area (Å²) in [6, 6.07) is 22.1. The summed E-state index contributed by atoms with van der Waals surface area (Å²) in [5.41, 5.74) is 9.22. The Balaban J connectivity index is 0.000000352. The van der Waals surface area contributed by atoms with Crippen molar-refractivity contribution in [3.63, 3.8) is 0 Å². The van der Waals surface area contributed by atoms with E-state index >= 15 is 0 Å². The minimum atomic E-state index is -1.08. The molecule has 1 aliphatic rings. The largest absolute Gasteiger partial charge is 0.494 e. The topological polar surface area (TPSA) is 142 Å². The minimum Gasteiger partial charge on any atom is -0.494 e. The number of aliphatic carboxylic acids is 1. The molecule has 8 nitrogen and oxygen atoms in total. The number of carboxylic acids is 1. The van der Waals surface area contributed by atoms with Gasteiger partial charge in [0.25, 0.3) is 0 Å². The van der Waals surface area contributed by atoms with Gasteiger partial charge < -0.3 is 35.6 Å². The van der Waals surface area contributed by atoms with Crippen LogP contribution in [0.1, 0.15) is 55.5 Å². The maximum atomic E-state index is 10.4. The van der Waals surface area contributed by atoms with E-state index in [-0.39, 0.29) is 13.0 Å². The molecule has 0 radical (unpaired) electrons. The second-order valence-electron chi connectivity index (χ2n) is 9.38. The van der Waals surface area contributed by atoms with Gasteiger partial charge in [-0.1, -0.05) is 80.0 Å². The first-order valence-corrected chi connectivity index (χ1v) is 14.2. The van der Waals surface area contributed by atoms with Crippen LogP contribution in [-0.4, -0.2) is 64.0 Å². The fraction of sp³-hybridized carbons (Fsp3) is 0.406. The standard InChI is InChI=1S/C21H25ClO5.C9H11NO2.C2H6/c1-2-26-16-6-3-13(4-7-16)9-15-10-14(5-8-17(15)22)19-11-18(24)21(25)20(12-23)27-19;10-8(9(11)12)6-7-4-2-1-3-5-7;1-2/h3-8,10,18-21,23-25H,2,9,11-12H2,1H3;1-5,8H,6,10H2,(H,11,12);1-2H3/t18-,19-,20-,21+;8-;/m10./s1. The smallest absolute Gasteiger partial charge is 0.320 e. The number of rotatable bonds is 9. The molecule has 224 valence electrons. The van der Waals surface area contributed by atoms with Gasteiger partial charge >= 0.3 is 5.97 Å². The van der Waals surface area contributed by atoms with E-state index in [1.165, 1.54) is 0 Å². The SMILES string of the molecule is CC.CCOc1ccc(Cc2cc([C@H]3C[C@@H](O)[C@H](O)[C@@H](CO)O3)ccc2Cl)cc1.N[C@@H](Cc1ccccc1)C(=O)O. The Bertz CT molecular complexity index is 1180. The van der Waals surface area contributed by atoms with Crippen molar-refractivity contribution in [2.45, 2.75) is 70.5 Å². The summed E-state index contributed by atoms with van der Waals surface area (Å²) in [5, 5.41) is 38.5. The lowest BCUT2D eigenvalue weighted by Crippen LogP contribution is -2.47. The summed E-state index contributed by atoms with van der Waals surface area (Å²) in [6.07, 6.45) is -1.92. The Hall–Kier alpha value is -2.98. The molecule has 3 aromatic carbocycles. The highest BCUT2D eigenvalue weighted by atomic mass is 35.5. The molecular weight excluding hydrogens is 546 g/mol. The van der Waals surface area contributed by atoms with Crippen molar-refractivity contribution >= 4 is 17.6 Å². The van der Waals surface area contributed by atoms with Gasteiger partial charge in [0.2, 0.25) is 0 Å². The van der Waals surface area contributed by atoms with Crippen LogP contribution in [-0.2, 0) is 22.4 Å².